The second-order valence-corrected chi connectivity index (χ2v) is 10.7. The molecule has 0 spiro atoms. The van der Waals surface area contributed by atoms with Gasteiger partial charge < -0.3 is 20.1 Å². The fraction of sp³-hybridized carbons (Fsp3) is 0.292. The average Bonchev–Trinajstić information content (AvgIpc) is 3.61. The van der Waals surface area contributed by atoms with Gasteiger partial charge in [-0.15, -0.1) is 11.3 Å². The van der Waals surface area contributed by atoms with E-state index in [1.165, 1.54) is 42.8 Å². The summed E-state index contributed by atoms with van der Waals surface area (Å²) < 4.78 is 19.0. The van der Waals surface area contributed by atoms with Gasteiger partial charge in [0.1, 0.15) is 16.7 Å². The number of anilines is 1. The lowest BCUT2D eigenvalue weighted by Crippen LogP contribution is -2.41. The maximum atomic E-state index is 13.8. The van der Waals surface area contributed by atoms with Crippen LogP contribution in [0.15, 0.2) is 52.2 Å². The van der Waals surface area contributed by atoms with Crippen molar-refractivity contribution in [3.63, 3.8) is 0 Å². The first-order chi connectivity index (χ1) is 17.9. The smallest absolute Gasteiger partial charge is 0.347 e. The number of aromatic nitrogens is 2. The minimum Gasteiger partial charge on any atom is -0.477 e. The summed E-state index contributed by atoms with van der Waals surface area (Å²) in [5, 5.41) is 15.8. The van der Waals surface area contributed by atoms with Crippen LogP contribution in [0.25, 0.3) is 0 Å². The zero-order valence-corrected chi connectivity index (χ0v) is 21.9. The number of hydrogen-bond acceptors (Lipinski definition) is 10. The number of hydrogen-bond donors (Lipinski definition) is 2. The van der Waals surface area contributed by atoms with Crippen molar-refractivity contribution in [3.8, 4) is 0 Å². The average molecular weight is 562 g/mol. The summed E-state index contributed by atoms with van der Waals surface area (Å²) in [5.41, 5.74) is 1.47. The van der Waals surface area contributed by atoms with Gasteiger partial charge in [-0.3, -0.25) is 4.99 Å². The van der Waals surface area contributed by atoms with Crippen molar-refractivity contribution in [2.45, 2.75) is 18.9 Å². The van der Waals surface area contributed by atoms with Gasteiger partial charge in [0.2, 0.25) is 0 Å². The van der Waals surface area contributed by atoms with E-state index in [2.05, 4.69) is 15.3 Å². The Hall–Kier alpha value is -3.35. The zero-order chi connectivity index (χ0) is 26.1. The van der Waals surface area contributed by atoms with E-state index in [0.717, 1.165) is 11.3 Å². The van der Waals surface area contributed by atoms with Gasteiger partial charge in [-0.2, -0.15) is 0 Å². The fourth-order valence-electron chi connectivity index (χ4n) is 4.49. The molecule has 2 N–H and O–H groups in total. The number of amidine groups is 1. The molecule has 2 aliphatic rings. The van der Waals surface area contributed by atoms with Crippen LogP contribution in [-0.4, -0.2) is 53.0 Å². The van der Waals surface area contributed by atoms with Crippen LogP contribution in [0.2, 0.25) is 5.02 Å². The van der Waals surface area contributed by atoms with Gasteiger partial charge in [0.25, 0.3) is 0 Å². The molecule has 1 saturated heterocycles. The number of methoxy groups -OCH3 is 1. The minimum atomic E-state index is -1.00. The summed E-state index contributed by atoms with van der Waals surface area (Å²) in [6, 6.07) is 3.20. The Bertz CT molecular complexity index is 1400. The minimum absolute atomic E-state index is 0.0588. The van der Waals surface area contributed by atoms with E-state index in [4.69, 9.17) is 21.3 Å². The molecule has 0 aliphatic carbocycles. The van der Waals surface area contributed by atoms with Crippen molar-refractivity contribution < 1.29 is 23.8 Å². The second-order valence-electron chi connectivity index (χ2n) is 8.40. The molecule has 5 rings (SSSR count). The van der Waals surface area contributed by atoms with Crippen molar-refractivity contribution in [2.75, 3.05) is 25.1 Å². The van der Waals surface area contributed by atoms with Crippen LogP contribution in [0.5, 0.6) is 0 Å². The number of aliphatic imine (C=N–C) groups is 1. The topological polar surface area (TPSA) is 117 Å². The van der Waals surface area contributed by atoms with E-state index in [-0.39, 0.29) is 15.8 Å². The molecule has 192 valence electrons. The van der Waals surface area contributed by atoms with Gasteiger partial charge in [-0.05, 0) is 25.0 Å². The zero-order valence-electron chi connectivity index (χ0n) is 19.5. The third-order valence-electron chi connectivity index (χ3n) is 6.25. The molecule has 2 aromatic heterocycles. The number of carboxylic acid groups (broad SMARTS) is 1. The van der Waals surface area contributed by atoms with Gasteiger partial charge >= 0.3 is 11.9 Å². The lowest BCUT2D eigenvalue weighted by atomic mass is 9.86. The molecule has 1 fully saturated rings. The predicted octanol–water partition coefficient (Wildman–Crippen LogP) is 4.53. The first-order valence-electron chi connectivity index (χ1n) is 11.3. The largest absolute Gasteiger partial charge is 0.477 e. The highest BCUT2D eigenvalue weighted by Crippen LogP contribution is 2.40. The third kappa shape index (κ3) is 5.09. The first-order valence-corrected chi connectivity index (χ1v) is 13.4. The number of ether oxygens (including phenoxy) is 1. The third-order valence-corrected chi connectivity index (χ3v) is 8.40. The number of carboxylic acids is 1. The number of nitrogens with zero attached hydrogens (tertiary/aromatic N) is 4. The molecule has 0 bridgehead atoms. The van der Waals surface area contributed by atoms with Crippen LogP contribution in [0.1, 0.15) is 39.1 Å². The highest BCUT2D eigenvalue weighted by Gasteiger charge is 2.37. The van der Waals surface area contributed by atoms with Crippen molar-refractivity contribution >= 4 is 57.2 Å². The lowest BCUT2D eigenvalue weighted by molar-refractivity contribution is -0.136. The summed E-state index contributed by atoms with van der Waals surface area (Å²) in [5.74, 6) is -1.61. The van der Waals surface area contributed by atoms with E-state index < -0.39 is 23.8 Å². The number of allylic oxidation sites excluding steroid dienone is 1. The van der Waals surface area contributed by atoms with Crippen LogP contribution >= 0.6 is 34.3 Å². The normalized spacial score (nSPS) is 18.4. The van der Waals surface area contributed by atoms with Gasteiger partial charge in [0.05, 0.1) is 18.9 Å². The van der Waals surface area contributed by atoms with Crippen LogP contribution < -0.4 is 10.2 Å². The molecule has 1 atom stereocenters. The quantitative estimate of drug-likeness (QED) is 0.422. The van der Waals surface area contributed by atoms with E-state index in [1.807, 2.05) is 10.3 Å². The summed E-state index contributed by atoms with van der Waals surface area (Å²) in [7, 11) is 1.31. The van der Waals surface area contributed by atoms with Crippen molar-refractivity contribution in [1.82, 2.24) is 15.3 Å². The molecule has 4 heterocycles. The highest BCUT2D eigenvalue weighted by molar-refractivity contribution is 7.17. The number of halogens is 2. The van der Waals surface area contributed by atoms with E-state index >= 15 is 0 Å². The Morgan fingerprint density at radius 3 is 2.68 bits per heavy atom. The van der Waals surface area contributed by atoms with Crippen molar-refractivity contribution in [2.24, 2.45) is 10.9 Å². The predicted molar refractivity (Wildman–Crippen MR) is 139 cm³/mol. The summed E-state index contributed by atoms with van der Waals surface area (Å²) in [4.78, 5) is 40.0. The molecule has 0 amide bonds. The van der Waals surface area contributed by atoms with E-state index in [0.29, 0.717) is 58.7 Å². The molecule has 3 aromatic rings. The van der Waals surface area contributed by atoms with Crippen LogP contribution in [0.3, 0.4) is 0 Å². The molecular weight excluding hydrogens is 541 g/mol. The van der Waals surface area contributed by atoms with Crippen LogP contribution in [0, 0.1) is 11.7 Å². The first kappa shape index (κ1) is 25.3. The van der Waals surface area contributed by atoms with Crippen molar-refractivity contribution in [3.05, 3.63) is 73.5 Å². The summed E-state index contributed by atoms with van der Waals surface area (Å²) in [6.45, 7) is 1.23. The Balaban J connectivity index is 1.51. The lowest BCUT2D eigenvalue weighted by Gasteiger charge is -2.36. The number of piperidine rings is 1. The Kier molecular flexibility index (Phi) is 7.22. The number of rotatable bonds is 6. The number of esters is 1. The van der Waals surface area contributed by atoms with Gasteiger partial charge in [-0.1, -0.05) is 29.0 Å². The number of carbonyl (C=O) groups excluding carboxylic acids is 1. The maximum Gasteiger partial charge on any atom is 0.347 e. The van der Waals surface area contributed by atoms with Crippen LogP contribution in [-0.2, 0) is 9.53 Å². The number of thiazole rings is 2. The molecule has 9 nitrogen and oxygen atoms in total. The molecule has 13 heteroatoms. The van der Waals surface area contributed by atoms with Gasteiger partial charge in [0.15, 0.2) is 16.0 Å². The maximum absolute atomic E-state index is 13.8. The molecular formula is C24H21ClFN5O4S2. The number of carbonyl (C=O) groups is 2. The SMILES string of the molecule is COC(=O)C1=C(C2CCN(c3ncc(C(=O)O)s3)CC2)NC(c2nccs2)=NC1c1ccc(F)cc1Cl. The number of nitrogens with one attached hydrogen (secondary N) is 1. The summed E-state index contributed by atoms with van der Waals surface area (Å²) in [6.07, 6.45) is 4.36. The molecule has 2 aliphatic heterocycles. The number of benzene rings is 1. The molecule has 1 unspecified atom stereocenters. The van der Waals surface area contributed by atoms with Crippen LogP contribution in [0.4, 0.5) is 9.52 Å². The Morgan fingerprint density at radius 2 is 2.05 bits per heavy atom. The molecule has 0 radical (unpaired) electrons. The van der Waals surface area contributed by atoms with Gasteiger partial charge in [-0.25, -0.2) is 23.9 Å². The molecule has 0 saturated carbocycles. The molecule has 37 heavy (non-hydrogen) atoms. The van der Waals surface area contributed by atoms with E-state index in [9.17, 15) is 19.1 Å². The summed E-state index contributed by atoms with van der Waals surface area (Å²) >= 11 is 8.96. The Morgan fingerprint density at radius 1 is 1.27 bits per heavy atom. The molecule has 1 aromatic carbocycles. The Labute approximate surface area is 224 Å². The van der Waals surface area contributed by atoms with Gasteiger partial charge in [0, 0.05) is 46.9 Å². The number of aromatic carboxylic acids is 1. The monoisotopic (exact) mass is 561 g/mol. The highest BCUT2D eigenvalue weighted by atomic mass is 35.5. The van der Waals surface area contributed by atoms with E-state index in [1.54, 1.807) is 6.20 Å². The standard InChI is InChI=1S/C24H21ClFN5O4S2/c1-35-23(34)17-18(12-4-7-31(8-5-12)24-28-11-16(37-24)22(32)33)29-20(21-27-6-9-36-21)30-19(17)14-3-2-13(26)10-15(14)25/h2-3,6,9-12,19H,4-5,7-8H2,1H3,(H,29,30)(H,32,33). The fourth-order valence-corrected chi connectivity index (χ4v) is 6.15. The second kappa shape index (κ2) is 10.6. The van der Waals surface area contributed by atoms with Crippen molar-refractivity contribution in [1.29, 1.82) is 0 Å².